The van der Waals surface area contributed by atoms with Gasteiger partial charge >= 0.3 is 0 Å². The molecule has 0 fully saturated rings. The Morgan fingerprint density at radius 1 is 1.22 bits per heavy atom. The molecule has 0 aliphatic carbocycles. The van der Waals surface area contributed by atoms with Gasteiger partial charge in [0.05, 0.1) is 11.9 Å². The summed E-state index contributed by atoms with van der Waals surface area (Å²) >= 11 is 0. The van der Waals surface area contributed by atoms with Crippen LogP contribution in [0.4, 0.5) is 13.2 Å². The fourth-order valence-corrected chi connectivity index (χ4v) is 1.56. The van der Waals surface area contributed by atoms with Crippen molar-refractivity contribution in [1.82, 2.24) is 20.3 Å². The lowest BCUT2D eigenvalue weighted by Crippen LogP contribution is -2.16. The molecule has 0 atom stereocenters. The van der Waals surface area contributed by atoms with E-state index in [1.54, 1.807) is 0 Å². The number of rotatable bonds is 4. The summed E-state index contributed by atoms with van der Waals surface area (Å²) in [6.07, 6.45) is 1.39. The van der Waals surface area contributed by atoms with Gasteiger partial charge in [0.15, 0.2) is 11.6 Å². The minimum absolute atomic E-state index is 0.361. The highest BCUT2D eigenvalue weighted by molar-refractivity contribution is 5.36. The maximum Gasteiger partial charge on any atom is 0.154 e. The Labute approximate surface area is 101 Å². The molecule has 0 saturated heterocycles. The van der Waals surface area contributed by atoms with Gasteiger partial charge in [-0.3, -0.25) is 0 Å². The molecule has 0 amide bonds. The predicted octanol–water partition coefficient (Wildman–Crippen LogP) is 1.79. The Hall–Kier alpha value is -1.89. The molecule has 0 saturated carbocycles. The van der Waals surface area contributed by atoms with Gasteiger partial charge in [0.1, 0.15) is 11.5 Å². The third-order valence-corrected chi connectivity index (χ3v) is 2.37. The maximum atomic E-state index is 13.6. The van der Waals surface area contributed by atoms with E-state index >= 15 is 0 Å². The first-order valence-electron chi connectivity index (χ1n) is 5.38. The highest BCUT2D eigenvalue weighted by Gasteiger charge is 2.17. The van der Waals surface area contributed by atoms with Crippen LogP contribution in [0, 0.1) is 17.5 Å². The van der Waals surface area contributed by atoms with Crippen molar-refractivity contribution in [3.05, 3.63) is 41.5 Å². The molecule has 1 heterocycles. The average molecular weight is 256 g/mol. The van der Waals surface area contributed by atoms with Gasteiger partial charge in [-0.15, -0.1) is 5.10 Å². The topological polar surface area (TPSA) is 42.7 Å². The number of hydrogen-bond acceptors (Lipinski definition) is 3. The molecule has 4 nitrogen and oxygen atoms in total. The molecule has 1 aromatic heterocycles. The number of hydrogen-bond donors (Lipinski definition) is 1. The van der Waals surface area contributed by atoms with E-state index in [4.69, 9.17) is 0 Å². The Balaban J connectivity index is 2.46. The average Bonchev–Trinajstić information content (AvgIpc) is 2.73. The van der Waals surface area contributed by atoms with Crippen LogP contribution >= 0.6 is 0 Å². The third kappa shape index (κ3) is 2.35. The van der Waals surface area contributed by atoms with E-state index in [1.165, 1.54) is 6.20 Å². The van der Waals surface area contributed by atoms with Crippen molar-refractivity contribution in [3.63, 3.8) is 0 Å². The summed E-state index contributed by atoms with van der Waals surface area (Å²) in [4.78, 5) is 0. The molecule has 0 unspecified atom stereocenters. The van der Waals surface area contributed by atoms with Crippen LogP contribution in [0.5, 0.6) is 0 Å². The van der Waals surface area contributed by atoms with Crippen LogP contribution < -0.4 is 5.32 Å². The first-order valence-corrected chi connectivity index (χ1v) is 5.38. The zero-order valence-electron chi connectivity index (χ0n) is 9.62. The predicted molar refractivity (Wildman–Crippen MR) is 58.6 cm³/mol. The summed E-state index contributed by atoms with van der Waals surface area (Å²) < 4.78 is 41.0. The van der Waals surface area contributed by atoms with Crippen LogP contribution in [-0.4, -0.2) is 21.5 Å². The van der Waals surface area contributed by atoms with E-state index < -0.39 is 23.1 Å². The van der Waals surface area contributed by atoms with E-state index in [9.17, 15) is 13.2 Å². The van der Waals surface area contributed by atoms with Crippen molar-refractivity contribution in [3.8, 4) is 5.69 Å². The second kappa shape index (κ2) is 5.18. The lowest BCUT2D eigenvalue weighted by atomic mass is 10.2. The molecule has 96 valence electrons. The van der Waals surface area contributed by atoms with Gasteiger partial charge in [0, 0.05) is 18.7 Å². The molecule has 0 radical (unpaired) electrons. The summed E-state index contributed by atoms with van der Waals surface area (Å²) in [6, 6.07) is 1.22. The van der Waals surface area contributed by atoms with Crippen LogP contribution in [0.1, 0.15) is 12.6 Å². The Kier molecular flexibility index (Phi) is 3.61. The van der Waals surface area contributed by atoms with Gasteiger partial charge in [-0.2, -0.15) is 0 Å². The van der Waals surface area contributed by atoms with E-state index in [1.807, 2.05) is 6.92 Å². The summed E-state index contributed by atoms with van der Waals surface area (Å²) in [6.45, 7) is 2.95. The molecule has 2 aromatic rings. The van der Waals surface area contributed by atoms with Crippen molar-refractivity contribution in [2.45, 2.75) is 13.5 Å². The number of aromatic nitrogens is 3. The quantitative estimate of drug-likeness (QED) is 0.907. The lowest BCUT2D eigenvalue weighted by Gasteiger charge is -2.08. The third-order valence-electron chi connectivity index (χ3n) is 2.37. The smallest absolute Gasteiger partial charge is 0.154 e. The normalized spacial score (nSPS) is 10.9. The van der Waals surface area contributed by atoms with Crippen LogP contribution in [0.2, 0.25) is 0 Å². The van der Waals surface area contributed by atoms with Gasteiger partial charge in [-0.1, -0.05) is 12.1 Å². The van der Waals surface area contributed by atoms with Crippen LogP contribution in [0.3, 0.4) is 0 Å². The molecule has 1 aromatic carbocycles. The molecule has 2 rings (SSSR count). The molecule has 0 spiro atoms. The zero-order chi connectivity index (χ0) is 13.1. The van der Waals surface area contributed by atoms with Crippen LogP contribution in [-0.2, 0) is 6.54 Å². The minimum Gasteiger partial charge on any atom is -0.311 e. The summed E-state index contributed by atoms with van der Waals surface area (Å²) in [7, 11) is 0. The first kappa shape index (κ1) is 12.6. The Morgan fingerprint density at radius 2 is 1.89 bits per heavy atom. The highest BCUT2D eigenvalue weighted by atomic mass is 19.1. The highest BCUT2D eigenvalue weighted by Crippen LogP contribution is 2.19. The molecule has 0 bridgehead atoms. The van der Waals surface area contributed by atoms with Crippen LogP contribution in [0.25, 0.3) is 5.69 Å². The lowest BCUT2D eigenvalue weighted by molar-refractivity contribution is 0.520. The van der Waals surface area contributed by atoms with Crippen molar-refractivity contribution >= 4 is 0 Å². The van der Waals surface area contributed by atoms with Crippen LogP contribution in [0.15, 0.2) is 18.3 Å². The van der Waals surface area contributed by atoms with Gasteiger partial charge in [0.2, 0.25) is 0 Å². The minimum atomic E-state index is -1.02. The van der Waals surface area contributed by atoms with Gasteiger partial charge in [0.25, 0.3) is 0 Å². The Bertz CT molecular complexity index is 530. The largest absolute Gasteiger partial charge is 0.311 e. The fraction of sp³-hybridized carbons (Fsp3) is 0.273. The number of nitrogens with zero attached hydrogens (tertiary/aromatic N) is 3. The SMILES string of the molecule is CCNCc1cnnn1-c1c(F)cc(F)cc1F. The molecule has 18 heavy (non-hydrogen) atoms. The van der Waals surface area contributed by atoms with Crippen molar-refractivity contribution in [2.24, 2.45) is 0 Å². The van der Waals surface area contributed by atoms with Crippen molar-refractivity contribution < 1.29 is 13.2 Å². The number of halogens is 3. The first-order chi connectivity index (χ1) is 8.63. The second-order valence-corrected chi connectivity index (χ2v) is 3.64. The van der Waals surface area contributed by atoms with E-state index in [0.29, 0.717) is 30.9 Å². The molecule has 1 N–H and O–H groups in total. The standard InChI is InChI=1S/C11H11F3N4/c1-2-15-5-8-6-16-17-18(8)11-9(13)3-7(12)4-10(11)14/h3-4,6,15H,2,5H2,1H3. The van der Waals surface area contributed by atoms with E-state index in [-0.39, 0.29) is 0 Å². The van der Waals surface area contributed by atoms with Gasteiger partial charge < -0.3 is 5.32 Å². The summed E-state index contributed by atoms with van der Waals surface area (Å²) in [5.41, 5.74) is 0.0584. The Morgan fingerprint density at radius 3 is 2.50 bits per heavy atom. The second-order valence-electron chi connectivity index (χ2n) is 3.64. The number of benzene rings is 1. The fourth-order valence-electron chi connectivity index (χ4n) is 1.56. The zero-order valence-corrected chi connectivity index (χ0v) is 9.62. The maximum absolute atomic E-state index is 13.6. The molecule has 7 heteroatoms. The molecule has 0 aliphatic rings. The van der Waals surface area contributed by atoms with Crippen molar-refractivity contribution in [2.75, 3.05) is 6.54 Å². The van der Waals surface area contributed by atoms with E-state index in [2.05, 4.69) is 15.6 Å². The summed E-state index contributed by atoms with van der Waals surface area (Å²) in [5, 5.41) is 10.2. The molecular weight excluding hydrogens is 245 g/mol. The van der Waals surface area contributed by atoms with Crippen molar-refractivity contribution in [1.29, 1.82) is 0 Å². The van der Waals surface area contributed by atoms with Gasteiger partial charge in [-0.25, -0.2) is 17.9 Å². The van der Waals surface area contributed by atoms with E-state index in [0.717, 1.165) is 4.68 Å². The number of nitrogens with one attached hydrogen (secondary N) is 1. The summed E-state index contributed by atoms with van der Waals surface area (Å²) in [5.74, 6) is -3.01. The monoisotopic (exact) mass is 256 g/mol. The van der Waals surface area contributed by atoms with Gasteiger partial charge in [-0.05, 0) is 6.54 Å². The molecular formula is C11H11F3N4. The molecule has 0 aliphatic heterocycles.